The van der Waals surface area contributed by atoms with E-state index in [0.29, 0.717) is 28.6 Å². The standard InChI is InChI=1S/C23H22N4O3S/c1-3-21(29)24-17-8-7-9-18(14-17)25-22(30)13-12-19-15-31-23(26-19)27(16(2)28)20-10-5-4-6-11-20/h4-15H,3H2,1-2H3,(H,24,29)(H,25,30)/b13-12+. The monoisotopic (exact) mass is 434 g/mol. The van der Waals surface area contributed by atoms with Crippen molar-refractivity contribution in [3.05, 3.63) is 71.7 Å². The average Bonchev–Trinajstić information content (AvgIpc) is 3.21. The highest BCUT2D eigenvalue weighted by molar-refractivity contribution is 7.14. The van der Waals surface area contributed by atoms with Crippen LogP contribution in [0.25, 0.3) is 6.08 Å². The molecule has 0 aliphatic rings. The maximum atomic E-state index is 12.3. The van der Waals surface area contributed by atoms with Gasteiger partial charge in [-0.2, -0.15) is 0 Å². The van der Waals surface area contributed by atoms with Crippen LogP contribution in [0.1, 0.15) is 26.0 Å². The van der Waals surface area contributed by atoms with Gasteiger partial charge in [-0.05, 0) is 36.4 Å². The fourth-order valence-electron chi connectivity index (χ4n) is 2.73. The Morgan fingerprint density at radius 3 is 2.42 bits per heavy atom. The molecule has 0 spiro atoms. The molecule has 0 fully saturated rings. The number of carbonyl (C=O) groups excluding carboxylic acids is 3. The molecule has 0 atom stereocenters. The van der Waals surface area contributed by atoms with Gasteiger partial charge >= 0.3 is 0 Å². The van der Waals surface area contributed by atoms with Crippen molar-refractivity contribution in [2.75, 3.05) is 15.5 Å². The Hall–Kier alpha value is -3.78. The number of rotatable bonds is 7. The minimum Gasteiger partial charge on any atom is -0.326 e. The summed E-state index contributed by atoms with van der Waals surface area (Å²) in [6, 6.07) is 16.2. The summed E-state index contributed by atoms with van der Waals surface area (Å²) in [5.74, 6) is -0.582. The summed E-state index contributed by atoms with van der Waals surface area (Å²) in [6.45, 7) is 3.25. The van der Waals surface area contributed by atoms with Gasteiger partial charge in [-0.1, -0.05) is 31.2 Å². The second-order valence-electron chi connectivity index (χ2n) is 6.55. The molecule has 3 rings (SSSR count). The lowest BCUT2D eigenvalue weighted by Crippen LogP contribution is -2.22. The van der Waals surface area contributed by atoms with Crippen molar-refractivity contribution in [1.29, 1.82) is 0 Å². The van der Waals surface area contributed by atoms with Crippen molar-refractivity contribution >= 4 is 57.3 Å². The van der Waals surface area contributed by atoms with Crippen LogP contribution in [0, 0.1) is 0 Å². The Morgan fingerprint density at radius 2 is 1.74 bits per heavy atom. The van der Waals surface area contributed by atoms with E-state index in [9.17, 15) is 14.4 Å². The summed E-state index contributed by atoms with van der Waals surface area (Å²) in [7, 11) is 0. The van der Waals surface area contributed by atoms with Gasteiger partial charge in [-0.25, -0.2) is 4.98 Å². The molecule has 158 valence electrons. The molecule has 0 bridgehead atoms. The third kappa shape index (κ3) is 6.10. The topological polar surface area (TPSA) is 91.4 Å². The maximum Gasteiger partial charge on any atom is 0.248 e. The van der Waals surface area contributed by atoms with Crippen LogP contribution in [0.5, 0.6) is 0 Å². The Balaban J connectivity index is 1.67. The number of nitrogens with zero attached hydrogens (tertiary/aromatic N) is 2. The van der Waals surface area contributed by atoms with Crippen molar-refractivity contribution < 1.29 is 14.4 Å². The zero-order chi connectivity index (χ0) is 22.2. The lowest BCUT2D eigenvalue weighted by atomic mass is 10.2. The van der Waals surface area contributed by atoms with Crippen LogP contribution < -0.4 is 15.5 Å². The zero-order valence-corrected chi connectivity index (χ0v) is 18.0. The number of nitrogens with one attached hydrogen (secondary N) is 2. The quantitative estimate of drug-likeness (QED) is 0.521. The molecule has 0 saturated heterocycles. The number of benzene rings is 2. The number of amides is 3. The molecular formula is C23H22N4O3S. The summed E-state index contributed by atoms with van der Waals surface area (Å²) in [5, 5.41) is 7.80. The van der Waals surface area contributed by atoms with E-state index >= 15 is 0 Å². The largest absolute Gasteiger partial charge is 0.326 e. The molecule has 0 saturated carbocycles. The molecule has 0 unspecified atom stereocenters. The highest BCUT2D eigenvalue weighted by Gasteiger charge is 2.17. The number of carbonyl (C=O) groups is 3. The third-order valence-corrected chi connectivity index (χ3v) is 5.01. The van der Waals surface area contributed by atoms with Crippen LogP contribution in [-0.4, -0.2) is 22.7 Å². The molecular weight excluding hydrogens is 412 g/mol. The Labute approximate surface area is 184 Å². The highest BCUT2D eigenvalue weighted by Crippen LogP contribution is 2.29. The van der Waals surface area contributed by atoms with Crippen LogP contribution in [0.3, 0.4) is 0 Å². The van der Waals surface area contributed by atoms with E-state index in [2.05, 4.69) is 15.6 Å². The molecule has 3 aromatic rings. The van der Waals surface area contributed by atoms with Gasteiger partial charge in [0.05, 0.1) is 11.4 Å². The SMILES string of the molecule is CCC(=O)Nc1cccc(NC(=O)/C=C/c2csc(N(C(C)=O)c3ccccc3)n2)c1. The maximum absolute atomic E-state index is 12.3. The van der Waals surface area contributed by atoms with Gasteiger partial charge in [0, 0.05) is 36.2 Å². The normalized spacial score (nSPS) is 10.6. The van der Waals surface area contributed by atoms with Crippen LogP contribution >= 0.6 is 11.3 Å². The van der Waals surface area contributed by atoms with E-state index in [-0.39, 0.29) is 17.7 Å². The van der Waals surface area contributed by atoms with E-state index in [1.807, 2.05) is 30.3 Å². The van der Waals surface area contributed by atoms with Crippen molar-refractivity contribution in [3.8, 4) is 0 Å². The lowest BCUT2D eigenvalue weighted by molar-refractivity contribution is -0.116. The first-order chi connectivity index (χ1) is 15.0. The highest BCUT2D eigenvalue weighted by atomic mass is 32.1. The minimum atomic E-state index is -0.333. The van der Waals surface area contributed by atoms with E-state index in [1.165, 1.54) is 29.2 Å². The number of para-hydroxylation sites is 1. The molecule has 31 heavy (non-hydrogen) atoms. The van der Waals surface area contributed by atoms with Gasteiger partial charge in [0.1, 0.15) is 0 Å². The average molecular weight is 435 g/mol. The first kappa shape index (κ1) is 21.9. The molecule has 0 aliphatic carbocycles. The second-order valence-corrected chi connectivity index (χ2v) is 7.39. The number of anilines is 4. The van der Waals surface area contributed by atoms with Gasteiger partial charge in [0.2, 0.25) is 17.7 Å². The molecule has 2 N–H and O–H groups in total. The lowest BCUT2D eigenvalue weighted by Gasteiger charge is -2.17. The molecule has 3 amide bonds. The van der Waals surface area contributed by atoms with E-state index in [1.54, 1.807) is 42.6 Å². The fraction of sp³-hybridized carbons (Fsp3) is 0.130. The van der Waals surface area contributed by atoms with Gasteiger partial charge < -0.3 is 10.6 Å². The Kier molecular flexibility index (Phi) is 7.29. The summed E-state index contributed by atoms with van der Waals surface area (Å²) in [5.41, 5.74) is 2.48. The van der Waals surface area contributed by atoms with Crippen molar-refractivity contribution in [2.24, 2.45) is 0 Å². The van der Waals surface area contributed by atoms with Gasteiger partial charge in [0.25, 0.3) is 0 Å². The van der Waals surface area contributed by atoms with Crippen LogP contribution in [0.4, 0.5) is 22.2 Å². The summed E-state index contributed by atoms with van der Waals surface area (Å²) in [4.78, 5) is 41.9. The number of hydrogen-bond donors (Lipinski definition) is 2. The predicted octanol–water partition coefficient (Wildman–Crippen LogP) is 4.83. The van der Waals surface area contributed by atoms with Crippen LogP contribution in [-0.2, 0) is 14.4 Å². The van der Waals surface area contributed by atoms with Crippen LogP contribution in [0.15, 0.2) is 66.1 Å². The van der Waals surface area contributed by atoms with E-state index in [4.69, 9.17) is 0 Å². The summed E-state index contributed by atoms with van der Waals surface area (Å²) < 4.78 is 0. The molecule has 1 heterocycles. The first-order valence-electron chi connectivity index (χ1n) is 9.66. The van der Waals surface area contributed by atoms with Gasteiger partial charge in [0.15, 0.2) is 5.13 Å². The predicted molar refractivity (Wildman–Crippen MR) is 124 cm³/mol. The molecule has 7 nitrogen and oxygen atoms in total. The molecule has 0 aliphatic heterocycles. The molecule has 2 aromatic carbocycles. The fourth-order valence-corrected chi connectivity index (χ4v) is 3.58. The van der Waals surface area contributed by atoms with Crippen molar-refractivity contribution in [2.45, 2.75) is 20.3 Å². The Bertz CT molecular complexity index is 1110. The molecule has 0 radical (unpaired) electrons. The second kappa shape index (κ2) is 10.3. The third-order valence-electron chi connectivity index (χ3n) is 4.17. The van der Waals surface area contributed by atoms with Crippen molar-refractivity contribution in [3.63, 3.8) is 0 Å². The van der Waals surface area contributed by atoms with Crippen molar-refractivity contribution in [1.82, 2.24) is 4.98 Å². The number of thiazole rings is 1. The minimum absolute atomic E-state index is 0.0992. The zero-order valence-electron chi connectivity index (χ0n) is 17.2. The summed E-state index contributed by atoms with van der Waals surface area (Å²) >= 11 is 1.32. The van der Waals surface area contributed by atoms with Gasteiger partial charge in [-0.15, -0.1) is 11.3 Å². The van der Waals surface area contributed by atoms with E-state index in [0.717, 1.165) is 5.69 Å². The van der Waals surface area contributed by atoms with Gasteiger partial charge in [-0.3, -0.25) is 19.3 Å². The summed E-state index contributed by atoms with van der Waals surface area (Å²) in [6.07, 6.45) is 3.33. The Morgan fingerprint density at radius 1 is 1.03 bits per heavy atom. The smallest absolute Gasteiger partial charge is 0.248 e. The number of aromatic nitrogens is 1. The van der Waals surface area contributed by atoms with E-state index < -0.39 is 0 Å². The number of hydrogen-bond acceptors (Lipinski definition) is 5. The molecule has 8 heteroatoms. The van der Waals surface area contributed by atoms with Crippen LogP contribution in [0.2, 0.25) is 0 Å². The first-order valence-corrected chi connectivity index (χ1v) is 10.5. The molecule has 1 aromatic heterocycles.